The van der Waals surface area contributed by atoms with Crippen LogP contribution in [0.15, 0.2) is 36.4 Å². The molecule has 2 nitrogen and oxygen atoms in total. The zero-order valence-electron chi connectivity index (χ0n) is 15.8. The van der Waals surface area contributed by atoms with Crippen LogP contribution >= 0.6 is 8.20 Å². The molecule has 0 aliphatic heterocycles. The van der Waals surface area contributed by atoms with E-state index in [0.717, 1.165) is 0 Å². The van der Waals surface area contributed by atoms with Gasteiger partial charge in [0.15, 0.2) is 0 Å². The Morgan fingerprint density at radius 3 is 2.00 bits per heavy atom. The van der Waals surface area contributed by atoms with Gasteiger partial charge in [-0.25, -0.2) is 0 Å². The molecule has 2 aromatic rings. The van der Waals surface area contributed by atoms with E-state index < -0.39 is 34.5 Å². The number of halogens is 6. The molecule has 0 saturated carbocycles. The molecule has 0 fully saturated rings. The zero-order valence-corrected chi connectivity index (χ0v) is 16.7. The molecule has 0 heterocycles. The van der Waals surface area contributed by atoms with Crippen molar-refractivity contribution < 1.29 is 36.2 Å². The smallest absolute Gasteiger partial charge is 0.416 e. The lowest BCUT2D eigenvalue weighted by atomic mass is 10.0. The van der Waals surface area contributed by atoms with Crippen LogP contribution < -0.4 is 15.1 Å². The van der Waals surface area contributed by atoms with Crippen LogP contribution in [0.5, 0.6) is 5.75 Å². The van der Waals surface area contributed by atoms with Crippen LogP contribution in [-0.4, -0.2) is 12.1 Å². The van der Waals surface area contributed by atoms with Gasteiger partial charge in [-0.2, -0.15) is 26.3 Å². The first-order valence-electron chi connectivity index (χ1n) is 8.57. The molecule has 0 aliphatic rings. The Balaban J connectivity index is 2.54. The first kappa shape index (κ1) is 23.2. The van der Waals surface area contributed by atoms with Gasteiger partial charge in [0.05, 0.1) is 17.7 Å². The number of rotatable bonds is 5. The van der Waals surface area contributed by atoms with Crippen LogP contribution in [0.1, 0.15) is 36.1 Å². The molecule has 9 heteroatoms. The van der Waals surface area contributed by atoms with Gasteiger partial charge in [-0.15, -0.1) is 5.48 Å². The summed E-state index contributed by atoms with van der Waals surface area (Å²) in [5, 5.41) is 12.9. The summed E-state index contributed by atoms with van der Waals surface area (Å²) in [5.74, 6) is 0.781. The van der Waals surface area contributed by atoms with Gasteiger partial charge in [0.2, 0.25) is 0 Å². The fourth-order valence-corrected chi connectivity index (χ4v) is 3.49. The largest absolute Gasteiger partial charge is 0.823 e. The Morgan fingerprint density at radius 1 is 1.00 bits per heavy atom. The summed E-state index contributed by atoms with van der Waals surface area (Å²) in [4.78, 5) is 0. The summed E-state index contributed by atoms with van der Waals surface area (Å²) in [5.41, 5.74) is -5.31. The summed E-state index contributed by atoms with van der Waals surface area (Å²) < 4.78 is 85.1. The van der Waals surface area contributed by atoms with E-state index in [2.05, 4.69) is 0 Å². The lowest BCUT2D eigenvalue weighted by molar-refractivity contribution is -0.209. The maximum Gasteiger partial charge on any atom is 0.416 e. The van der Waals surface area contributed by atoms with E-state index in [1.54, 1.807) is 13.0 Å². The average molecular weight is 435 g/mol. The van der Waals surface area contributed by atoms with Crippen molar-refractivity contribution in [2.24, 2.45) is 5.92 Å². The Bertz CT molecular complexity index is 869. The summed E-state index contributed by atoms with van der Waals surface area (Å²) >= 11 is 0. The summed E-state index contributed by atoms with van der Waals surface area (Å²) in [7, 11) is -0.286. The van der Waals surface area contributed by atoms with E-state index in [1.807, 2.05) is 13.8 Å². The lowest BCUT2D eigenvalue weighted by Crippen LogP contribution is -2.27. The van der Waals surface area contributed by atoms with E-state index in [9.17, 15) is 31.4 Å². The molecule has 0 N–H and O–H groups in total. The standard InChI is InChI=1S/C20H19F6O2P/c1-11(2)10-28-13-7-8-16(12(3)9-13)29-18(27)17-14(19(21,22)23)5-4-6-15(17)20(24,25)26/h4-9,11,27H,10H2,1-3H3/p-1. The van der Waals surface area contributed by atoms with Crippen molar-refractivity contribution in [2.45, 2.75) is 33.1 Å². The fourth-order valence-electron chi connectivity index (χ4n) is 2.53. The lowest BCUT2D eigenvalue weighted by Gasteiger charge is -2.23. The van der Waals surface area contributed by atoms with Crippen molar-refractivity contribution in [1.82, 2.24) is 0 Å². The molecule has 0 amide bonds. The Hall–Kier alpha value is -2.05. The number of alkyl halides is 6. The van der Waals surface area contributed by atoms with Gasteiger partial charge in [0, 0.05) is 5.30 Å². The average Bonchev–Trinajstić information content (AvgIpc) is 2.59. The molecule has 0 atom stereocenters. The van der Waals surface area contributed by atoms with Crippen molar-refractivity contribution in [1.29, 1.82) is 0 Å². The number of aryl methyl sites for hydroxylation is 1. The molecule has 0 bridgehead atoms. The number of hydrogen-bond donors (Lipinski definition) is 0. The maximum absolute atomic E-state index is 13.3. The molecule has 2 aromatic carbocycles. The Labute approximate surface area is 165 Å². The van der Waals surface area contributed by atoms with Crippen LogP contribution in [0.25, 0.3) is 0 Å². The number of hydrogen-bond acceptors (Lipinski definition) is 2. The first-order valence-corrected chi connectivity index (χ1v) is 9.47. The molecule has 158 valence electrons. The van der Waals surface area contributed by atoms with Crippen molar-refractivity contribution >= 4 is 19.0 Å². The van der Waals surface area contributed by atoms with Crippen LogP contribution in [0, 0.1) is 12.8 Å². The molecule has 0 aliphatic carbocycles. The molecule has 29 heavy (non-hydrogen) atoms. The summed E-state index contributed by atoms with van der Waals surface area (Å²) in [6, 6.07) is 6.20. The van der Waals surface area contributed by atoms with E-state index in [1.165, 1.54) is 12.1 Å². The second kappa shape index (κ2) is 8.76. The number of benzene rings is 2. The van der Waals surface area contributed by atoms with Gasteiger partial charge >= 0.3 is 12.4 Å². The molecule has 0 spiro atoms. The Kier molecular flexibility index (Phi) is 7.01. The van der Waals surface area contributed by atoms with Gasteiger partial charge in [0.25, 0.3) is 0 Å². The highest BCUT2D eigenvalue weighted by Crippen LogP contribution is 2.39. The highest BCUT2D eigenvalue weighted by Gasteiger charge is 2.40. The zero-order chi connectivity index (χ0) is 22.0. The van der Waals surface area contributed by atoms with Gasteiger partial charge < -0.3 is 9.84 Å². The summed E-state index contributed by atoms with van der Waals surface area (Å²) in [6.45, 7) is 5.96. The molecule has 0 radical (unpaired) electrons. The minimum absolute atomic E-state index is 0.273. The highest BCUT2D eigenvalue weighted by molar-refractivity contribution is 7.49. The van der Waals surface area contributed by atoms with E-state index >= 15 is 0 Å². The summed E-state index contributed by atoms with van der Waals surface area (Å²) in [6.07, 6.45) is -10.2. The Morgan fingerprint density at radius 2 is 1.55 bits per heavy atom. The van der Waals surface area contributed by atoms with Crippen molar-refractivity contribution in [3.63, 3.8) is 0 Å². The quantitative estimate of drug-likeness (QED) is 0.479. The SMILES string of the molecule is Cc1cc(OCC(C)C)ccc1P=C([O-])c1c(C(F)(F)F)cccc1C(F)(F)F. The molecule has 0 unspecified atom stereocenters. The third-order valence-corrected chi connectivity index (χ3v) is 5.03. The third kappa shape index (κ3) is 5.97. The van der Waals surface area contributed by atoms with Crippen molar-refractivity contribution in [3.8, 4) is 5.75 Å². The van der Waals surface area contributed by atoms with Crippen LogP contribution in [0.3, 0.4) is 0 Å². The maximum atomic E-state index is 13.3. The van der Waals surface area contributed by atoms with Gasteiger partial charge in [-0.05, 0) is 54.3 Å². The topological polar surface area (TPSA) is 32.3 Å². The normalized spacial score (nSPS) is 13.1. The predicted molar refractivity (Wildman–Crippen MR) is 98.6 cm³/mol. The van der Waals surface area contributed by atoms with Crippen LogP contribution in [0.2, 0.25) is 0 Å². The molecular formula is C20H18F6O2P-. The van der Waals surface area contributed by atoms with Crippen LogP contribution in [-0.2, 0) is 12.4 Å². The molecule has 2 rings (SSSR count). The van der Waals surface area contributed by atoms with Gasteiger partial charge in [-0.3, -0.25) is 0 Å². The fraction of sp³-hybridized carbons (Fsp3) is 0.350. The van der Waals surface area contributed by atoms with Crippen molar-refractivity contribution in [3.05, 3.63) is 58.7 Å². The predicted octanol–water partition coefficient (Wildman–Crippen LogP) is 5.18. The number of ether oxygens (including phenoxy) is 1. The first-order chi connectivity index (χ1) is 13.3. The second-order valence-electron chi connectivity index (χ2n) is 6.79. The van der Waals surface area contributed by atoms with E-state index in [-0.39, 0.29) is 14.1 Å². The minimum Gasteiger partial charge on any atom is -0.823 e. The van der Waals surface area contributed by atoms with E-state index in [0.29, 0.717) is 41.4 Å². The minimum atomic E-state index is -5.09. The third-order valence-electron chi connectivity index (χ3n) is 3.86. The molecular weight excluding hydrogens is 417 g/mol. The van der Waals surface area contributed by atoms with E-state index in [4.69, 9.17) is 4.74 Å². The highest BCUT2D eigenvalue weighted by atomic mass is 31.1. The van der Waals surface area contributed by atoms with Gasteiger partial charge in [-0.1, -0.05) is 28.1 Å². The molecule has 0 saturated heterocycles. The van der Waals surface area contributed by atoms with Crippen LogP contribution in [0.4, 0.5) is 26.3 Å². The van der Waals surface area contributed by atoms with Gasteiger partial charge in [0.1, 0.15) is 5.75 Å². The van der Waals surface area contributed by atoms with Crippen molar-refractivity contribution in [2.75, 3.05) is 6.61 Å². The second-order valence-corrected chi connectivity index (χ2v) is 7.91. The monoisotopic (exact) mass is 435 g/mol. The molecule has 0 aromatic heterocycles.